The Bertz CT molecular complexity index is 791. The summed E-state index contributed by atoms with van der Waals surface area (Å²) in [6, 6.07) is 21.0. The van der Waals surface area contributed by atoms with Gasteiger partial charge in [-0.25, -0.2) is 0 Å². The van der Waals surface area contributed by atoms with Gasteiger partial charge in [0.1, 0.15) is 5.75 Å². The molecule has 26 heavy (non-hydrogen) atoms. The lowest BCUT2D eigenvalue weighted by Crippen LogP contribution is -1.98. The lowest BCUT2D eigenvalue weighted by molar-refractivity contribution is 0.307. The van der Waals surface area contributed by atoms with Crippen molar-refractivity contribution in [3.63, 3.8) is 0 Å². The largest absolute Gasteiger partial charge is 0.494 e. The van der Waals surface area contributed by atoms with Crippen LogP contribution in [-0.2, 0) is 6.42 Å². The van der Waals surface area contributed by atoms with Gasteiger partial charge >= 0.3 is 0 Å². The van der Waals surface area contributed by atoms with Crippen molar-refractivity contribution < 1.29 is 4.74 Å². The van der Waals surface area contributed by atoms with Gasteiger partial charge in [0.15, 0.2) is 0 Å². The summed E-state index contributed by atoms with van der Waals surface area (Å²) in [5, 5.41) is 0. The van der Waals surface area contributed by atoms with Crippen molar-refractivity contribution in [1.29, 1.82) is 0 Å². The van der Waals surface area contributed by atoms with E-state index in [1.165, 1.54) is 21.6 Å². The minimum Gasteiger partial charge on any atom is -0.494 e. The van der Waals surface area contributed by atoms with Crippen molar-refractivity contribution >= 4 is 11.9 Å². The van der Waals surface area contributed by atoms with E-state index in [2.05, 4.69) is 52.2 Å². The number of hydrogen-bond acceptors (Lipinski definition) is 4. The first-order valence-electron chi connectivity index (χ1n) is 8.91. The quantitative estimate of drug-likeness (QED) is 0.408. The van der Waals surface area contributed by atoms with Crippen LogP contribution in [0.1, 0.15) is 18.4 Å². The molecular formula is C22H24N2OS. The third kappa shape index (κ3) is 5.61. The van der Waals surface area contributed by atoms with Crippen LogP contribution in [0.5, 0.6) is 5.75 Å². The van der Waals surface area contributed by atoms with Crippen LogP contribution in [0.25, 0.3) is 11.1 Å². The molecule has 134 valence electrons. The van der Waals surface area contributed by atoms with Crippen molar-refractivity contribution in [2.45, 2.75) is 24.2 Å². The normalized spacial score (nSPS) is 10.7. The molecule has 0 amide bonds. The Hall–Kier alpha value is -2.30. The second kappa shape index (κ2) is 10.00. The first-order chi connectivity index (χ1) is 12.8. The number of aromatic nitrogens is 1. The Labute approximate surface area is 160 Å². The van der Waals surface area contributed by atoms with Gasteiger partial charge in [0.25, 0.3) is 0 Å². The third-order valence-electron chi connectivity index (χ3n) is 4.09. The average Bonchev–Trinajstić information content (AvgIpc) is 2.69. The molecule has 3 nitrogen and oxygen atoms in total. The second-order valence-electron chi connectivity index (χ2n) is 6.03. The van der Waals surface area contributed by atoms with E-state index in [0.717, 1.165) is 31.6 Å². The fourth-order valence-electron chi connectivity index (χ4n) is 2.77. The summed E-state index contributed by atoms with van der Waals surface area (Å²) < 4.78 is 8.98. The number of pyridine rings is 1. The van der Waals surface area contributed by atoms with Gasteiger partial charge in [-0.2, -0.15) is 0 Å². The van der Waals surface area contributed by atoms with Crippen LogP contribution in [0.15, 0.2) is 78.0 Å². The van der Waals surface area contributed by atoms with Gasteiger partial charge in [-0.1, -0.05) is 30.3 Å². The van der Waals surface area contributed by atoms with Crippen molar-refractivity contribution in [3.05, 3.63) is 78.6 Å². The number of benzene rings is 2. The van der Waals surface area contributed by atoms with Gasteiger partial charge in [0.2, 0.25) is 0 Å². The molecule has 0 aliphatic heterocycles. The van der Waals surface area contributed by atoms with Crippen molar-refractivity contribution in [2.75, 3.05) is 13.7 Å². The third-order valence-corrected chi connectivity index (χ3v) is 4.79. The molecule has 3 aromatic rings. The Kier molecular flexibility index (Phi) is 7.11. The van der Waals surface area contributed by atoms with Gasteiger partial charge in [0.05, 0.1) is 6.61 Å². The molecular weight excluding hydrogens is 340 g/mol. The minimum atomic E-state index is 0.744. The van der Waals surface area contributed by atoms with E-state index in [9.17, 15) is 0 Å². The molecule has 0 spiro atoms. The molecule has 1 aromatic heterocycles. The Balaban J connectivity index is 1.46. The standard InChI is InChI=1S/C22H24N2OS/c1-23-26-22-9-4-8-20(16-22)19-10-12-21(13-11-19)25-15-3-2-6-18-7-5-14-24-17-18/h4-5,7-14,16-17,23H,2-3,6,15H2,1H3. The van der Waals surface area contributed by atoms with E-state index in [0.29, 0.717) is 0 Å². The molecule has 4 heteroatoms. The number of nitrogens with one attached hydrogen (secondary N) is 1. The molecule has 0 aliphatic carbocycles. The second-order valence-corrected chi connectivity index (χ2v) is 7.11. The molecule has 0 radical (unpaired) electrons. The highest BCUT2D eigenvalue weighted by atomic mass is 32.2. The highest BCUT2D eigenvalue weighted by Gasteiger charge is 2.01. The molecule has 0 atom stereocenters. The van der Waals surface area contributed by atoms with E-state index in [-0.39, 0.29) is 0 Å². The van der Waals surface area contributed by atoms with Gasteiger partial charge in [-0.3, -0.25) is 9.71 Å². The summed E-state index contributed by atoms with van der Waals surface area (Å²) in [6.07, 6.45) is 6.95. The van der Waals surface area contributed by atoms with Crippen LogP contribution in [0.4, 0.5) is 0 Å². The zero-order valence-corrected chi connectivity index (χ0v) is 15.8. The highest BCUT2D eigenvalue weighted by Crippen LogP contribution is 2.26. The fourth-order valence-corrected chi connectivity index (χ4v) is 3.34. The molecule has 0 bridgehead atoms. The maximum absolute atomic E-state index is 5.87. The van der Waals surface area contributed by atoms with Gasteiger partial charge in [-0.05, 0) is 85.3 Å². The molecule has 0 fully saturated rings. The fraction of sp³-hybridized carbons (Fsp3) is 0.227. The van der Waals surface area contributed by atoms with E-state index in [1.54, 1.807) is 11.9 Å². The van der Waals surface area contributed by atoms with Crippen LogP contribution in [0.2, 0.25) is 0 Å². The number of hydrogen-bond donors (Lipinski definition) is 1. The molecule has 1 N–H and O–H groups in total. The highest BCUT2D eigenvalue weighted by molar-refractivity contribution is 7.97. The van der Waals surface area contributed by atoms with E-state index >= 15 is 0 Å². The molecule has 2 aromatic carbocycles. The molecule has 0 saturated heterocycles. The van der Waals surface area contributed by atoms with E-state index in [4.69, 9.17) is 4.74 Å². The number of aryl methyl sites for hydroxylation is 1. The van der Waals surface area contributed by atoms with Crippen molar-refractivity contribution in [3.8, 4) is 16.9 Å². The summed E-state index contributed by atoms with van der Waals surface area (Å²) in [5.41, 5.74) is 3.70. The Morgan fingerprint density at radius 1 is 0.962 bits per heavy atom. The summed E-state index contributed by atoms with van der Waals surface area (Å²) in [5.74, 6) is 0.927. The van der Waals surface area contributed by atoms with Crippen molar-refractivity contribution in [2.24, 2.45) is 0 Å². The SMILES string of the molecule is CNSc1cccc(-c2ccc(OCCCCc3cccnc3)cc2)c1. The number of ether oxygens (including phenoxy) is 1. The number of rotatable bonds is 9. The molecule has 1 heterocycles. The van der Waals surface area contributed by atoms with Crippen molar-refractivity contribution in [1.82, 2.24) is 9.71 Å². The van der Waals surface area contributed by atoms with Crippen LogP contribution in [-0.4, -0.2) is 18.6 Å². The number of unbranched alkanes of at least 4 members (excludes halogenated alkanes) is 1. The van der Waals surface area contributed by atoms with Gasteiger partial charge in [-0.15, -0.1) is 0 Å². The van der Waals surface area contributed by atoms with Gasteiger partial charge in [0, 0.05) is 17.3 Å². The molecule has 3 rings (SSSR count). The minimum absolute atomic E-state index is 0.744. The lowest BCUT2D eigenvalue weighted by atomic mass is 10.1. The van der Waals surface area contributed by atoms with E-state index < -0.39 is 0 Å². The predicted molar refractivity (Wildman–Crippen MR) is 109 cm³/mol. The maximum Gasteiger partial charge on any atom is 0.119 e. The van der Waals surface area contributed by atoms with E-state index in [1.807, 2.05) is 37.6 Å². The molecule has 0 saturated carbocycles. The smallest absolute Gasteiger partial charge is 0.119 e. The summed E-state index contributed by atoms with van der Waals surface area (Å²) in [6.45, 7) is 0.744. The molecule has 0 aliphatic rings. The maximum atomic E-state index is 5.87. The van der Waals surface area contributed by atoms with Crippen LogP contribution in [0.3, 0.4) is 0 Å². The topological polar surface area (TPSA) is 34.1 Å². The zero-order valence-electron chi connectivity index (χ0n) is 15.0. The molecule has 0 unspecified atom stereocenters. The van der Waals surface area contributed by atoms with Crippen LogP contribution < -0.4 is 9.46 Å². The lowest BCUT2D eigenvalue weighted by Gasteiger charge is -2.08. The number of nitrogens with zero attached hydrogens (tertiary/aromatic N) is 1. The Morgan fingerprint density at radius 3 is 2.62 bits per heavy atom. The first kappa shape index (κ1) is 18.5. The van der Waals surface area contributed by atoms with Crippen LogP contribution >= 0.6 is 11.9 Å². The zero-order chi connectivity index (χ0) is 18.0. The first-order valence-corrected chi connectivity index (χ1v) is 9.72. The summed E-state index contributed by atoms with van der Waals surface area (Å²) in [7, 11) is 1.93. The Morgan fingerprint density at radius 2 is 1.85 bits per heavy atom. The monoisotopic (exact) mass is 364 g/mol. The summed E-state index contributed by atoms with van der Waals surface area (Å²) in [4.78, 5) is 5.35. The van der Waals surface area contributed by atoms with Gasteiger partial charge < -0.3 is 4.74 Å². The summed E-state index contributed by atoms with van der Waals surface area (Å²) >= 11 is 1.62. The average molecular weight is 365 g/mol. The van der Waals surface area contributed by atoms with Crippen LogP contribution in [0, 0.1) is 0 Å². The predicted octanol–water partition coefficient (Wildman–Crippen LogP) is 5.38.